The minimum absolute atomic E-state index is 0.382. The Morgan fingerprint density at radius 1 is 1.05 bits per heavy atom. The minimum Gasteiger partial charge on any atom is -0.399 e. The lowest BCUT2D eigenvalue weighted by Gasteiger charge is -2.37. The Labute approximate surface area is 119 Å². The van der Waals surface area contributed by atoms with Crippen molar-refractivity contribution >= 4 is 11.4 Å². The van der Waals surface area contributed by atoms with E-state index in [2.05, 4.69) is 59.9 Å². The summed E-state index contributed by atoms with van der Waals surface area (Å²) in [7, 11) is 0. The Morgan fingerprint density at radius 2 is 1.90 bits per heavy atom. The normalized spacial score (nSPS) is 26.7. The summed E-state index contributed by atoms with van der Waals surface area (Å²) in [5, 5.41) is 3.72. The molecule has 2 nitrogen and oxygen atoms in total. The number of allylic oxidation sites excluding steroid dienone is 2. The van der Waals surface area contributed by atoms with E-state index in [1.165, 1.54) is 16.8 Å². The maximum absolute atomic E-state index is 5.96. The van der Waals surface area contributed by atoms with Gasteiger partial charge in [0.2, 0.25) is 0 Å². The number of benzene rings is 2. The lowest BCUT2D eigenvalue weighted by molar-refractivity contribution is 0.426. The SMILES string of the molecule is Nc1ccc2c(c1)[C@@H]1C=CC[C@@H]1[C@H](c1ccccc1)N2. The van der Waals surface area contributed by atoms with Gasteiger partial charge in [0.25, 0.3) is 0 Å². The molecule has 0 spiro atoms. The van der Waals surface area contributed by atoms with Gasteiger partial charge in [0.15, 0.2) is 0 Å². The van der Waals surface area contributed by atoms with Crippen molar-refractivity contribution in [2.24, 2.45) is 5.92 Å². The van der Waals surface area contributed by atoms with Crippen molar-refractivity contribution in [3.8, 4) is 0 Å². The molecule has 1 aliphatic heterocycles. The van der Waals surface area contributed by atoms with Gasteiger partial charge in [0.1, 0.15) is 0 Å². The van der Waals surface area contributed by atoms with Crippen molar-refractivity contribution in [3.05, 3.63) is 71.8 Å². The molecule has 0 radical (unpaired) electrons. The number of anilines is 2. The Morgan fingerprint density at radius 3 is 2.75 bits per heavy atom. The summed E-state index contributed by atoms with van der Waals surface area (Å²) in [5.41, 5.74) is 10.7. The van der Waals surface area contributed by atoms with Crippen LogP contribution in [0.25, 0.3) is 0 Å². The van der Waals surface area contributed by atoms with E-state index < -0.39 is 0 Å². The summed E-state index contributed by atoms with van der Waals surface area (Å²) in [6.07, 6.45) is 5.79. The molecule has 100 valence electrons. The predicted molar refractivity (Wildman–Crippen MR) is 83.6 cm³/mol. The highest BCUT2D eigenvalue weighted by molar-refractivity contribution is 5.64. The molecule has 2 aromatic rings. The molecule has 0 bridgehead atoms. The van der Waals surface area contributed by atoms with Crippen LogP contribution in [0, 0.1) is 5.92 Å². The average Bonchev–Trinajstić information content (AvgIpc) is 2.97. The molecular formula is C18H18N2. The van der Waals surface area contributed by atoms with E-state index in [0.717, 1.165) is 12.1 Å². The van der Waals surface area contributed by atoms with E-state index in [-0.39, 0.29) is 0 Å². The zero-order chi connectivity index (χ0) is 13.5. The van der Waals surface area contributed by atoms with Crippen LogP contribution in [0.15, 0.2) is 60.7 Å². The van der Waals surface area contributed by atoms with Gasteiger partial charge >= 0.3 is 0 Å². The maximum atomic E-state index is 5.96. The van der Waals surface area contributed by atoms with Gasteiger partial charge in [-0.15, -0.1) is 0 Å². The van der Waals surface area contributed by atoms with Gasteiger partial charge in [-0.3, -0.25) is 0 Å². The van der Waals surface area contributed by atoms with E-state index in [1.807, 2.05) is 6.07 Å². The van der Waals surface area contributed by atoms with Gasteiger partial charge in [0, 0.05) is 17.3 Å². The molecule has 0 amide bonds. The van der Waals surface area contributed by atoms with E-state index in [0.29, 0.717) is 17.9 Å². The Bertz CT molecular complexity index is 660. The molecule has 2 aromatic carbocycles. The first-order valence-electron chi connectivity index (χ1n) is 7.20. The molecule has 2 heteroatoms. The van der Waals surface area contributed by atoms with Crippen LogP contribution in [0.3, 0.4) is 0 Å². The van der Waals surface area contributed by atoms with Gasteiger partial charge < -0.3 is 11.1 Å². The molecule has 0 saturated heterocycles. The van der Waals surface area contributed by atoms with Crippen LogP contribution >= 0.6 is 0 Å². The molecule has 0 fully saturated rings. The first-order valence-corrected chi connectivity index (χ1v) is 7.20. The van der Waals surface area contributed by atoms with Gasteiger partial charge in [-0.05, 0) is 41.7 Å². The van der Waals surface area contributed by atoms with Crippen molar-refractivity contribution < 1.29 is 0 Å². The van der Waals surface area contributed by atoms with E-state index in [9.17, 15) is 0 Å². The van der Waals surface area contributed by atoms with Crippen LogP contribution in [0.2, 0.25) is 0 Å². The highest BCUT2D eigenvalue weighted by atomic mass is 15.0. The summed E-state index contributed by atoms with van der Waals surface area (Å²) in [4.78, 5) is 0. The summed E-state index contributed by atoms with van der Waals surface area (Å²) < 4.78 is 0. The fourth-order valence-corrected chi connectivity index (χ4v) is 3.60. The van der Waals surface area contributed by atoms with Crippen LogP contribution < -0.4 is 11.1 Å². The first kappa shape index (κ1) is 11.6. The molecule has 4 rings (SSSR count). The Hall–Kier alpha value is -2.22. The molecule has 2 aliphatic rings. The van der Waals surface area contributed by atoms with E-state index >= 15 is 0 Å². The Kier molecular flexibility index (Phi) is 2.56. The number of fused-ring (bicyclic) bond motifs is 3. The standard InChI is InChI=1S/C18H18N2/c19-13-9-10-17-16(11-13)14-7-4-8-15(14)18(20-17)12-5-2-1-3-6-12/h1-7,9-11,14-15,18,20H,8,19H2/t14-,15+,18+/m1/s1. The second-order valence-electron chi connectivity index (χ2n) is 5.73. The molecule has 0 unspecified atom stereocenters. The minimum atomic E-state index is 0.382. The van der Waals surface area contributed by atoms with Gasteiger partial charge in [-0.2, -0.15) is 0 Å². The lowest BCUT2D eigenvalue weighted by Crippen LogP contribution is -2.29. The third kappa shape index (κ3) is 1.72. The van der Waals surface area contributed by atoms with Gasteiger partial charge in [-0.1, -0.05) is 42.5 Å². The second-order valence-corrected chi connectivity index (χ2v) is 5.73. The Balaban J connectivity index is 1.80. The van der Waals surface area contributed by atoms with E-state index in [4.69, 9.17) is 5.73 Å². The van der Waals surface area contributed by atoms with Gasteiger partial charge in [-0.25, -0.2) is 0 Å². The second kappa shape index (κ2) is 4.41. The zero-order valence-electron chi connectivity index (χ0n) is 11.3. The molecule has 0 saturated carbocycles. The van der Waals surface area contributed by atoms with Crippen molar-refractivity contribution in [1.82, 2.24) is 0 Å². The van der Waals surface area contributed by atoms with Gasteiger partial charge in [0.05, 0.1) is 6.04 Å². The van der Waals surface area contributed by atoms with E-state index in [1.54, 1.807) is 0 Å². The largest absolute Gasteiger partial charge is 0.399 e. The molecular weight excluding hydrogens is 244 g/mol. The molecule has 20 heavy (non-hydrogen) atoms. The number of hydrogen-bond donors (Lipinski definition) is 2. The van der Waals surface area contributed by atoms with Crippen LogP contribution in [-0.2, 0) is 0 Å². The highest BCUT2D eigenvalue weighted by Gasteiger charge is 2.37. The van der Waals surface area contributed by atoms with Crippen LogP contribution in [0.1, 0.15) is 29.5 Å². The molecule has 3 atom stereocenters. The maximum Gasteiger partial charge on any atom is 0.0553 e. The highest BCUT2D eigenvalue weighted by Crippen LogP contribution is 2.49. The molecule has 1 heterocycles. The third-order valence-corrected chi connectivity index (χ3v) is 4.55. The summed E-state index contributed by atoms with van der Waals surface area (Å²) in [6.45, 7) is 0. The first-order chi connectivity index (χ1) is 9.83. The van der Waals surface area contributed by atoms with Crippen LogP contribution in [0.5, 0.6) is 0 Å². The fourth-order valence-electron chi connectivity index (χ4n) is 3.60. The summed E-state index contributed by atoms with van der Waals surface area (Å²) in [6, 6.07) is 17.3. The fraction of sp³-hybridized carbons (Fsp3) is 0.222. The van der Waals surface area contributed by atoms with Crippen LogP contribution in [0.4, 0.5) is 11.4 Å². The number of nitrogens with one attached hydrogen (secondary N) is 1. The number of nitrogen functional groups attached to an aromatic ring is 1. The quantitative estimate of drug-likeness (QED) is 0.600. The molecule has 0 aromatic heterocycles. The van der Waals surface area contributed by atoms with Crippen molar-refractivity contribution in [3.63, 3.8) is 0 Å². The lowest BCUT2D eigenvalue weighted by atomic mass is 9.77. The number of nitrogens with two attached hydrogens (primary N) is 1. The average molecular weight is 262 g/mol. The molecule has 1 aliphatic carbocycles. The topological polar surface area (TPSA) is 38.0 Å². The smallest absolute Gasteiger partial charge is 0.0553 e. The number of rotatable bonds is 1. The predicted octanol–water partition coefficient (Wildman–Crippen LogP) is 4.10. The monoisotopic (exact) mass is 262 g/mol. The van der Waals surface area contributed by atoms with Crippen molar-refractivity contribution in [2.45, 2.75) is 18.4 Å². The molecule has 3 N–H and O–H groups in total. The number of hydrogen-bond acceptors (Lipinski definition) is 2. The van der Waals surface area contributed by atoms with Crippen molar-refractivity contribution in [2.75, 3.05) is 11.1 Å². The zero-order valence-corrected chi connectivity index (χ0v) is 11.3. The van der Waals surface area contributed by atoms with Crippen molar-refractivity contribution in [1.29, 1.82) is 0 Å². The third-order valence-electron chi connectivity index (χ3n) is 4.55. The summed E-state index contributed by atoms with van der Waals surface area (Å²) >= 11 is 0. The van der Waals surface area contributed by atoms with Crippen LogP contribution in [-0.4, -0.2) is 0 Å². The summed E-state index contributed by atoms with van der Waals surface area (Å²) in [5.74, 6) is 1.08.